The Hall–Kier alpha value is -2.10. The largest absolute Gasteiger partial charge is 0.437 e. The summed E-state index contributed by atoms with van der Waals surface area (Å²) in [6, 6.07) is 6.08. The average molecular weight is 257 g/mol. The number of rotatable bonds is 5. The molecule has 0 bridgehead atoms. The van der Waals surface area contributed by atoms with Gasteiger partial charge >= 0.3 is 0 Å². The molecule has 4 nitrogen and oxygen atoms in total. The van der Waals surface area contributed by atoms with Crippen LogP contribution in [0.25, 0.3) is 0 Å². The molecule has 19 heavy (non-hydrogen) atoms. The third-order valence-corrected chi connectivity index (χ3v) is 2.59. The Bertz CT molecular complexity index is 535. The van der Waals surface area contributed by atoms with Crippen LogP contribution in [0.5, 0.6) is 11.6 Å². The lowest BCUT2D eigenvalue weighted by Gasteiger charge is -2.08. The van der Waals surface area contributed by atoms with Crippen molar-refractivity contribution in [3.63, 3.8) is 0 Å². The predicted molar refractivity (Wildman–Crippen MR) is 76.8 cm³/mol. The van der Waals surface area contributed by atoms with Crippen molar-refractivity contribution in [3.05, 3.63) is 41.7 Å². The molecule has 0 saturated carbocycles. The topological polar surface area (TPSA) is 47.0 Å². The van der Waals surface area contributed by atoms with Crippen LogP contribution in [0.3, 0.4) is 0 Å². The van der Waals surface area contributed by atoms with Crippen LogP contribution in [0.15, 0.2) is 30.6 Å². The van der Waals surface area contributed by atoms with Crippen LogP contribution in [-0.4, -0.2) is 16.5 Å². The van der Waals surface area contributed by atoms with E-state index in [9.17, 15) is 0 Å². The van der Waals surface area contributed by atoms with Crippen LogP contribution in [0.2, 0.25) is 0 Å². The van der Waals surface area contributed by atoms with Gasteiger partial charge in [0.25, 0.3) is 0 Å². The van der Waals surface area contributed by atoms with Gasteiger partial charge in [0.1, 0.15) is 11.6 Å². The van der Waals surface area contributed by atoms with E-state index in [4.69, 9.17) is 4.74 Å². The van der Waals surface area contributed by atoms with Gasteiger partial charge in [0.05, 0.1) is 12.4 Å². The molecule has 100 valence electrons. The molecule has 1 heterocycles. The zero-order chi connectivity index (χ0) is 13.7. The van der Waals surface area contributed by atoms with E-state index in [0.29, 0.717) is 5.88 Å². The Morgan fingerprint density at radius 3 is 2.53 bits per heavy atom. The summed E-state index contributed by atoms with van der Waals surface area (Å²) in [6.45, 7) is 7.08. The summed E-state index contributed by atoms with van der Waals surface area (Å²) in [5, 5.41) is 3.19. The van der Waals surface area contributed by atoms with Crippen LogP contribution in [0.1, 0.15) is 24.5 Å². The van der Waals surface area contributed by atoms with E-state index < -0.39 is 0 Å². The molecule has 2 rings (SSSR count). The van der Waals surface area contributed by atoms with E-state index in [2.05, 4.69) is 28.3 Å². The Labute approximate surface area is 113 Å². The molecule has 0 amide bonds. The van der Waals surface area contributed by atoms with Crippen LogP contribution in [0, 0.1) is 13.8 Å². The highest BCUT2D eigenvalue weighted by molar-refractivity contribution is 5.37. The van der Waals surface area contributed by atoms with Crippen molar-refractivity contribution in [3.8, 4) is 11.6 Å². The first-order chi connectivity index (χ1) is 9.17. The fourth-order valence-electron chi connectivity index (χ4n) is 1.85. The number of nitrogens with zero attached hydrogens (tertiary/aromatic N) is 2. The first-order valence-corrected chi connectivity index (χ1v) is 6.49. The summed E-state index contributed by atoms with van der Waals surface area (Å²) in [4.78, 5) is 8.50. The molecule has 4 heteroatoms. The van der Waals surface area contributed by atoms with Gasteiger partial charge in [-0.15, -0.1) is 0 Å². The Balaban J connectivity index is 2.13. The molecule has 0 aliphatic carbocycles. The molecular formula is C15H19N3O. The van der Waals surface area contributed by atoms with Gasteiger partial charge in [0.15, 0.2) is 0 Å². The van der Waals surface area contributed by atoms with Gasteiger partial charge in [-0.25, -0.2) is 0 Å². The zero-order valence-corrected chi connectivity index (χ0v) is 11.6. The minimum Gasteiger partial charge on any atom is -0.437 e. The number of aromatic nitrogens is 2. The fraction of sp³-hybridized carbons (Fsp3) is 0.333. The fourth-order valence-corrected chi connectivity index (χ4v) is 1.85. The number of anilines is 1. The lowest BCUT2D eigenvalue weighted by atomic mass is 10.1. The summed E-state index contributed by atoms with van der Waals surface area (Å²) in [5.74, 6) is 2.04. The van der Waals surface area contributed by atoms with E-state index in [0.717, 1.165) is 24.5 Å². The molecule has 0 saturated heterocycles. The lowest BCUT2D eigenvalue weighted by molar-refractivity contribution is 0.460. The molecule has 0 spiro atoms. The number of benzene rings is 1. The Kier molecular flexibility index (Phi) is 4.34. The Morgan fingerprint density at radius 2 is 1.84 bits per heavy atom. The number of aryl methyl sites for hydroxylation is 2. The maximum absolute atomic E-state index is 5.75. The summed E-state index contributed by atoms with van der Waals surface area (Å²) < 4.78 is 5.75. The molecule has 0 aliphatic heterocycles. The molecular weight excluding hydrogens is 238 g/mol. The van der Waals surface area contributed by atoms with Crippen LogP contribution in [-0.2, 0) is 0 Å². The highest BCUT2D eigenvalue weighted by atomic mass is 16.5. The van der Waals surface area contributed by atoms with Crippen molar-refractivity contribution >= 4 is 5.82 Å². The molecule has 0 aliphatic rings. The second-order valence-electron chi connectivity index (χ2n) is 4.59. The summed E-state index contributed by atoms with van der Waals surface area (Å²) in [5.41, 5.74) is 2.34. The molecule has 1 aromatic carbocycles. The third kappa shape index (κ3) is 3.95. The van der Waals surface area contributed by atoms with Gasteiger partial charge in [0.2, 0.25) is 5.88 Å². The van der Waals surface area contributed by atoms with E-state index in [1.165, 1.54) is 11.1 Å². The molecule has 2 aromatic rings. The second kappa shape index (κ2) is 6.18. The highest BCUT2D eigenvalue weighted by Gasteiger charge is 2.02. The van der Waals surface area contributed by atoms with Crippen LogP contribution < -0.4 is 10.1 Å². The molecule has 0 radical (unpaired) electrons. The SMILES string of the molecule is CCCNc1cncc(Oc2cc(C)cc(C)c2)n1. The van der Waals surface area contributed by atoms with Gasteiger partial charge < -0.3 is 10.1 Å². The number of hydrogen-bond donors (Lipinski definition) is 1. The van der Waals surface area contributed by atoms with Crippen molar-refractivity contribution in [2.45, 2.75) is 27.2 Å². The van der Waals surface area contributed by atoms with E-state index in [-0.39, 0.29) is 0 Å². The van der Waals surface area contributed by atoms with Crippen molar-refractivity contribution < 1.29 is 4.74 Å². The van der Waals surface area contributed by atoms with Crippen molar-refractivity contribution in [2.24, 2.45) is 0 Å². The minimum atomic E-state index is 0.506. The van der Waals surface area contributed by atoms with Crippen molar-refractivity contribution in [1.29, 1.82) is 0 Å². The predicted octanol–water partition coefficient (Wildman–Crippen LogP) is 3.71. The maximum atomic E-state index is 5.75. The van der Waals surface area contributed by atoms with E-state index >= 15 is 0 Å². The molecule has 0 unspecified atom stereocenters. The molecule has 1 aromatic heterocycles. The van der Waals surface area contributed by atoms with Gasteiger partial charge in [-0.05, 0) is 43.5 Å². The number of hydrogen-bond acceptors (Lipinski definition) is 4. The maximum Gasteiger partial charge on any atom is 0.239 e. The van der Waals surface area contributed by atoms with E-state index in [1.54, 1.807) is 12.4 Å². The summed E-state index contributed by atoms with van der Waals surface area (Å²) in [6.07, 6.45) is 4.36. The molecule has 1 N–H and O–H groups in total. The van der Waals surface area contributed by atoms with E-state index in [1.807, 2.05) is 26.0 Å². The van der Waals surface area contributed by atoms with Gasteiger partial charge in [-0.3, -0.25) is 4.98 Å². The summed E-state index contributed by atoms with van der Waals surface area (Å²) >= 11 is 0. The Morgan fingerprint density at radius 1 is 1.11 bits per heavy atom. The second-order valence-corrected chi connectivity index (χ2v) is 4.59. The lowest BCUT2D eigenvalue weighted by Crippen LogP contribution is -2.03. The smallest absolute Gasteiger partial charge is 0.239 e. The molecule has 0 fully saturated rings. The number of nitrogens with one attached hydrogen (secondary N) is 1. The van der Waals surface area contributed by atoms with Gasteiger partial charge in [-0.1, -0.05) is 13.0 Å². The average Bonchev–Trinajstić information content (AvgIpc) is 2.35. The molecule has 0 atom stereocenters. The third-order valence-electron chi connectivity index (χ3n) is 2.59. The first kappa shape index (κ1) is 13.3. The zero-order valence-electron chi connectivity index (χ0n) is 11.6. The standard InChI is InChI=1S/C15H19N3O/c1-4-5-17-14-9-16-10-15(18-14)19-13-7-11(2)6-12(3)8-13/h6-10H,4-5H2,1-3H3,(H,17,18). The van der Waals surface area contributed by atoms with Crippen LogP contribution >= 0.6 is 0 Å². The van der Waals surface area contributed by atoms with Crippen molar-refractivity contribution in [2.75, 3.05) is 11.9 Å². The highest BCUT2D eigenvalue weighted by Crippen LogP contribution is 2.22. The number of ether oxygens (including phenoxy) is 1. The quantitative estimate of drug-likeness (QED) is 0.887. The first-order valence-electron chi connectivity index (χ1n) is 6.49. The van der Waals surface area contributed by atoms with Gasteiger partial charge in [-0.2, -0.15) is 4.98 Å². The van der Waals surface area contributed by atoms with Crippen LogP contribution in [0.4, 0.5) is 5.82 Å². The minimum absolute atomic E-state index is 0.506. The van der Waals surface area contributed by atoms with Gasteiger partial charge in [0, 0.05) is 6.54 Å². The monoisotopic (exact) mass is 257 g/mol. The van der Waals surface area contributed by atoms with Crippen molar-refractivity contribution in [1.82, 2.24) is 9.97 Å². The normalized spacial score (nSPS) is 10.3. The summed E-state index contributed by atoms with van der Waals surface area (Å²) in [7, 11) is 0.